The minimum atomic E-state index is -0.833. The molecule has 2 amide bonds. The number of fused-ring (bicyclic) bond motifs is 3. The molecule has 0 unspecified atom stereocenters. The number of hydrogen-bond acceptors (Lipinski definition) is 7. The van der Waals surface area contributed by atoms with Gasteiger partial charge >= 0.3 is 0 Å². The second-order valence-corrected chi connectivity index (χ2v) is 11.4. The monoisotopic (exact) mass is 603 g/mol. The summed E-state index contributed by atoms with van der Waals surface area (Å²) in [5.41, 5.74) is 2.44. The van der Waals surface area contributed by atoms with E-state index < -0.39 is 23.7 Å². The number of carbonyl (C=O) groups excluding carboxylic acids is 4. The third kappa shape index (κ3) is 3.78. The molecule has 0 saturated carbocycles. The van der Waals surface area contributed by atoms with E-state index in [0.717, 1.165) is 10.0 Å². The number of ketones is 2. The van der Waals surface area contributed by atoms with Gasteiger partial charge in [-0.1, -0.05) is 27.6 Å². The lowest BCUT2D eigenvalue weighted by Gasteiger charge is -2.42. The Labute approximate surface area is 239 Å². The number of hydrogen-bond donors (Lipinski definition) is 1. The summed E-state index contributed by atoms with van der Waals surface area (Å²) >= 11 is 3.39. The van der Waals surface area contributed by atoms with Crippen LogP contribution in [0.1, 0.15) is 31.2 Å². The molecule has 0 spiro atoms. The Morgan fingerprint density at radius 2 is 1.70 bits per heavy atom. The molecule has 1 aliphatic heterocycles. The van der Waals surface area contributed by atoms with E-state index in [1.165, 1.54) is 31.3 Å². The lowest BCUT2D eigenvalue weighted by atomic mass is 9.59. The van der Waals surface area contributed by atoms with Crippen LogP contribution < -0.4 is 14.4 Å². The summed E-state index contributed by atoms with van der Waals surface area (Å²) in [5, 5.41) is 11.2. The van der Waals surface area contributed by atoms with Gasteiger partial charge < -0.3 is 14.6 Å². The van der Waals surface area contributed by atoms with Crippen molar-refractivity contribution in [1.82, 2.24) is 0 Å². The summed E-state index contributed by atoms with van der Waals surface area (Å²) in [7, 11) is 2.92. The number of phenolic OH excluding ortho intramolecular Hbond substituents is 1. The SMILES string of the molecule is COc1cc(O)c([C@H]2C3=CC[C@@H]4C(=O)N(c5ccc(Br)cc5)C(=O)[C@@H]4[C@@H]3CC3=C2C(=O)C(C)=CC3=O)c(OC)c1. The minimum Gasteiger partial charge on any atom is -0.507 e. The number of rotatable bonds is 4. The average molecular weight is 604 g/mol. The molecule has 0 radical (unpaired) electrons. The molecule has 2 aromatic rings. The molecule has 4 atom stereocenters. The lowest BCUT2D eigenvalue weighted by molar-refractivity contribution is -0.123. The van der Waals surface area contributed by atoms with Crippen molar-refractivity contribution >= 4 is 45.0 Å². The molecule has 1 saturated heterocycles. The quantitative estimate of drug-likeness (QED) is 0.303. The fourth-order valence-electron chi connectivity index (χ4n) is 6.70. The molecule has 4 aliphatic rings. The molecule has 1 N–H and O–H groups in total. The van der Waals surface area contributed by atoms with Crippen molar-refractivity contribution in [3.05, 3.63) is 80.9 Å². The highest BCUT2D eigenvalue weighted by Gasteiger charge is 2.57. The normalized spacial score (nSPS) is 25.8. The van der Waals surface area contributed by atoms with E-state index in [4.69, 9.17) is 9.47 Å². The summed E-state index contributed by atoms with van der Waals surface area (Å²) < 4.78 is 11.8. The lowest BCUT2D eigenvalue weighted by Crippen LogP contribution is -2.40. The van der Waals surface area contributed by atoms with Gasteiger partial charge in [-0.25, -0.2) is 0 Å². The standard InChI is InChI=1S/C31H26BrNO7/c1-14-10-22(34)21-13-20-18(26(27(21)29(14)36)28-23(35)11-17(39-2)12-24(28)40-3)8-9-19-25(20)31(38)33(30(19)37)16-6-4-15(32)5-7-16/h4-8,10-12,19-20,25-26,35H,9,13H2,1-3H3/t19-,20+,25-,26-/m0/s1. The van der Waals surface area contributed by atoms with Gasteiger partial charge in [0.25, 0.3) is 0 Å². The smallest absolute Gasteiger partial charge is 0.238 e. The summed E-state index contributed by atoms with van der Waals surface area (Å²) in [4.78, 5) is 55.7. The van der Waals surface area contributed by atoms with E-state index in [2.05, 4.69) is 15.9 Å². The highest BCUT2D eigenvalue weighted by molar-refractivity contribution is 9.10. The zero-order valence-corrected chi connectivity index (χ0v) is 23.7. The van der Waals surface area contributed by atoms with Crippen molar-refractivity contribution in [3.8, 4) is 17.2 Å². The van der Waals surface area contributed by atoms with Crippen LogP contribution in [0.2, 0.25) is 0 Å². The molecule has 3 aliphatic carbocycles. The summed E-state index contributed by atoms with van der Waals surface area (Å²) in [6.45, 7) is 1.60. The molecular weight excluding hydrogens is 578 g/mol. The van der Waals surface area contributed by atoms with Crippen molar-refractivity contribution in [2.24, 2.45) is 17.8 Å². The van der Waals surface area contributed by atoms with Gasteiger partial charge in [0, 0.05) is 44.8 Å². The van der Waals surface area contributed by atoms with Crippen LogP contribution in [0.3, 0.4) is 0 Å². The number of halogens is 1. The van der Waals surface area contributed by atoms with Crippen LogP contribution in [-0.4, -0.2) is 42.7 Å². The number of aromatic hydroxyl groups is 1. The third-order valence-corrected chi connectivity index (χ3v) is 9.02. The maximum Gasteiger partial charge on any atom is 0.238 e. The summed E-state index contributed by atoms with van der Waals surface area (Å²) in [5.74, 6) is -3.37. The molecule has 6 rings (SSSR count). The number of carbonyl (C=O) groups is 4. The molecule has 9 heteroatoms. The van der Waals surface area contributed by atoms with E-state index in [0.29, 0.717) is 34.6 Å². The van der Waals surface area contributed by atoms with Crippen LogP contribution in [0.15, 0.2) is 75.3 Å². The predicted molar refractivity (Wildman–Crippen MR) is 149 cm³/mol. The first-order valence-corrected chi connectivity index (χ1v) is 13.7. The molecule has 0 bridgehead atoms. The van der Waals surface area contributed by atoms with Gasteiger partial charge in [0.2, 0.25) is 11.8 Å². The van der Waals surface area contributed by atoms with Crippen LogP contribution in [0.25, 0.3) is 0 Å². The highest BCUT2D eigenvalue weighted by atomic mass is 79.9. The number of phenols is 1. The largest absolute Gasteiger partial charge is 0.507 e. The van der Waals surface area contributed by atoms with E-state index in [9.17, 15) is 24.3 Å². The molecule has 2 aromatic carbocycles. The topological polar surface area (TPSA) is 110 Å². The molecule has 0 aromatic heterocycles. The van der Waals surface area contributed by atoms with Crippen LogP contribution in [0.5, 0.6) is 17.2 Å². The number of anilines is 1. The first-order chi connectivity index (χ1) is 19.2. The van der Waals surface area contributed by atoms with Crippen LogP contribution in [0.4, 0.5) is 5.69 Å². The van der Waals surface area contributed by atoms with E-state index in [1.54, 1.807) is 37.3 Å². The molecule has 204 valence electrons. The van der Waals surface area contributed by atoms with Crippen molar-refractivity contribution < 1.29 is 33.8 Å². The van der Waals surface area contributed by atoms with E-state index >= 15 is 0 Å². The predicted octanol–water partition coefficient (Wildman–Crippen LogP) is 4.81. The number of ether oxygens (including phenoxy) is 2. The van der Waals surface area contributed by atoms with Crippen LogP contribution in [0, 0.1) is 17.8 Å². The van der Waals surface area contributed by atoms with Gasteiger partial charge in [-0.05, 0) is 56.0 Å². The fourth-order valence-corrected chi connectivity index (χ4v) is 6.97. The maximum absolute atomic E-state index is 14.0. The van der Waals surface area contributed by atoms with E-state index in [1.807, 2.05) is 6.08 Å². The van der Waals surface area contributed by atoms with Crippen LogP contribution in [-0.2, 0) is 19.2 Å². The summed E-state index contributed by atoms with van der Waals surface area (Å²) in [6, 6.07) is 10.0. The molecular formula is C31H26BrNO7. The Morgan fingerprint density at radius 3 is 2.38 bits per heavy atom. The molecule has 1 fully saturated rings. The van der Waals surface area contributed by atoms with Crippen molar-refractivity contribution in [3.63, 3.8) is 0 Å². The Balaban J connectivity index is 1.53. The van der Waals surface area contributed by atoms with Gasteiger partial charge in [0.15, 0.2) is 11.6 Å². The molecule has 40 heavy (non-hydrogen) atoms. The maximum atomic E-state index is 14.0. The van der Waals surface area contributed by atoms with Crippen molar-refractivity contribution in [1.29, 1.82) is 0 Å². The number of methoxy groups -OCH3 is 2. The number of Topliss-reactive ketones (excluding diaryl/α,β-unsaturated/α-hetero) is 1. The van der Waals surface area contributed by atoms with Gasteiger partial charge in [0.1, 0.15) is 17.2 Å². The number of amides is 2. The number of nitrogens with zero attached hydrogens (tertiary/aromatic N) is 1. The Kier molecular flexibility index (Phi) is 6.29. The first kappa shape index (κ1) is 26.3. The average Bonchev–Trinajstić information content (AvgIpc) is 3.20. The van der Waals surface area contributed by atoms with Crippen LogP contribution >= 0.6 is 15.9 Å². The number of allylic oxidation sites excluding steroid dienone is 6. The van der Waals surface area contributed by atoms with Gasteiger partial charge in [-0.15, -0.1) is 0 Å². The Bertz CT molecular complexity index is 1600. The van der Waals surface area contributed by atoms with Gasteiger partial charge in [-0.2, -0.15) is 0 Å². The van der Waals surface area contributed by atoms with Gasteiger partial charge in [-0.3, -0.25) is 24.1 Å². The van der Waals surface area contributed by atoms with Gasteiger partial charge in [0.05, 0.1) is 31.7 Å². The second-order valence-electron chi connectivity index (χ2n) is 10.5. The van der Waals surface area contributed by atoms with Crippen molar-refractivity contribution in [2.45, 2.75) is 25.7 Å². The Morgan fingerprint density at radius 1 is 0.975 bits per heavy atom. The number of imide groups is 1. The fraction of sp³-hybridized carbons (Fsp3) is 0.290. The van der Waals surface area contributed by atoms with Crippen molar-refractivity contribution in [2.75, 3.05) is 19.1 Å². The highest BCUT2D eigenvalue weighted by Crippen LogP contribution is 2.58. The first-order valence-electron chi connectivity index (χ1n) is 12.9. The zero-order chi connectivity index (χ0) is 28.5. The van der Waals surface area contributed by atoms with E-state index in [-0.39, 0.29) is 46.9 Å². The second kappa shape index (κ2) is 9.59. The minimum absolute atomic E-state index is 0.152. The molecule has 1 heterocycles. The molecule has 8 nitrogen and oxygen atoms in total. The zero-order valence-electron chi connectivity index (χ0n) is 22.1. The number of benzene rings is 2. The summed E-state index contributed by atoms with van der Waals surface area (Å²) in [6.07, 6.45) is 3.68. The third-order valence-electron chi connectivity index (χ3n) is 8.49. The Hall–Kier alpha value is -3.98.